The predicted octanol–water partition coefficient (Wildman–Crippen LogP) is 2.03. The van der Waals surface area contributed by atoms with Gasteiger partial charge in [-0.2, -0.15) is 0 Å². The molecule has 3 nitrogen and oxygen atoms in total. The topological polar surface area (TPSA) is 29.5 Å². The Morgan fingerprint density at radius 3 is 2.67 bits per heavy atom. The molecule has 1 fully saturated rings. The molecular weight excluding hydrogens is 226 g/mol. The van der Waals surface area contributed by atoms with E-state index in [1.807, 2.05) is 24.0 Å². The molecular formula is C15H21NO2. The van der Waals surface area contributed by atoms with E-state index in [9.17, 15) is 4.79 Å². The Balaban J connectivity index is 1.96. The van der Waals surface area contributed by atoms with Crippen LogP contribution in [-0.4, -0.2) is 37.1 Å². The number of aryl methyl sites for hydroxylation is 1. The number of nitrogens with zero attached hydrogens (tertiary/aromatic N) is 1. The number of hydrogen-bond donors (Lipinski definition) is 0. The molecule has 0 aliphatic carbocycles. The van der Waals surface area contributed by atoms with E-state index in [1.165, 1.54) is 11.1 Å². The lowest BCUT2D eigenvalue weighted by atomic mass is 9.96. The van der Waals surface area contributed by atoms with Gasteiger partial charge in [0, 0.05) is 19.0 Å². The molecule has 1 heterocycles. The van der Waals surface area contributed by atoms with Crippen molar-refractivity contribution in [2.24, 2.45) is 5.92 Å². The van der Waals surface area contributed by atoms with Crippen LogP contribution in [0.15, 0.2) is 24.3 Å². The summed E-state index contributed by atoms with van der Waals surface area (Å²) in [6, 6.07) is 8.28. The molecule has 1 amide bonds. The number of carbonyl (C=O) groups excluding carboxylic acids is 1. The SMILES string of the molecule is Cc1ccccc1CC(C)C(=O)N1CCOCC1. The van der Waals surface area contributed by atoms with E-state index in [2.05, 4.69) is 19.1 Å². The smallest absolute Gasteiger partial charge is 0.225 e. The third-order valence-electron chi connectivity index (χ3n) is 3.53. The zero-order valence-electron chi connectivity index (χ0n) is 11.2. The summed E-state index contributed by atoms with van der Waals surface area (Å²) in [7, 11) is 0. The molecule has 0 aromatic heterocycles. The van der Waals surface area contributed by atoms with Gasteiger partial charge in [0.05, 0.1) is 13.2 Å². The highest BCUT2D eigenvalue weighted by Gasteiger charge is 2.22. The maximum Gasteiger partial charge on any atom is 0.225 e. The lowest BCUT2D eigenvalue weighted by Crippen LogP contribution is -2.43. The molecule has 0 N–H and O–H groups in total. The molecule has 1 unspecified atom stereocenters. The van der Waals surface area contributed by atoms with Crippen molar-refractivity contribution in [3.05, 3.63) is 35.4 Å². The van der Waals surface area contributed by atoms with Gasteiger partial charge in [0.2, 0.25) is 5.91 Å². The van der Waals surface area contributed by atoms with Crippen LogP contribution in [0, 0.1) is 12.8 Å². The molecule has 1 saturated heterocycles. The Hall–Kier alpha value is -1.35. The molecule has 3 heteroatoms. The molecule has 0 saturated carbocycles. The van der Waals surface area contributed by atoms with Gasteiger partial charge in [-0.3, -0.25) is 4.79 Å². The van der Waals surface area contributed by atoms with Crippen molar-refractivity contribution in [1.82, 2.24) is 4.90 Å². The minimum absolute atomic E-state index is 0.0456. The second-order valence-electron chi connectivity index (χ2n) is 4.97. The fourth-order valence-electron chi connectivity index (χ4n) is 2.35. The van der Waals surface area contributed by atoms with Crippen molar-refractivity contribution < 1.29 is 9.53 Å². The van der Waals surface area contributed by atoms with Crippen molar-refractivity contribution in [3.63, 3.8) is 0 Å². The van der Waals surface area contributed by atoms with Crippen molar-refractivity contribution >= 4 is 5.91 Å². The van der Waals surface area contributed by atoms with Crippen molar-refractivity contribution in [3.8, 4) is 0 Å². The standard InChI is InChI=1S/C15H21NO2/c1-12-5-3-4-6-14(12)11-13(2)15(17)16-7-9-18-10-8-16/h3-6,13H,7-11H2,1-2H3. The summed E-state index contributed by atoms with van der Waals surface area (Å²) in [6.45, 7) is 6.92. The quantitative estimate of drug-likeness (QED) is 0.818. The Labute approximate surface area is 109 Å². The maximum atomic E-state index is 12.3. The summed E-state index contributed by atoms with van der Waals surface area (Å²) < 4.78 is 5.27. The van der Waals surface area contributed by atoms with Crippen LogP contribution in [0.5, 0.6) is 0 Å². The molecule has 2 rings (SSSR count). The summed E-state index contributed by atoms with van der Waals surface area (Å²) in [5.74, 6) is 0.297. The predicted molar refractivity (Wildman–Crippen MR) is 71.4 cm³/mol. The second-order valence-corrected chi connectivity index (χ2v) is 4.97. The van der Waals surface area contributed by atoms with Crippen molar-refractivity contribution in [1.29, 1.82) is 0 Å². The minimum Gasteiger partial charge on any atom is -0.378 e. The van der Waals surface area contributed by atoms with Gasteiger partial charge in [0.15, 0.2) is 0 Å². The number of hydrogen-bond acceptors (Lipinski definition) is 2. The summed E-state index contributed by atoms with van der Waals surface area (Å²) in [5, 5.41) is 0. The van der Waals surface area contributed by atoms with Gasteiger partial charge in [0.25, 0.3) is 0 Å². The first kappa shape index (κ1) is 13.1. The summed E-state index contributed by atoms with van der Waals surface area (Å²) in [5.41, 5.74) is 2.53. The van der Waals surface area contributed by atoms with Crippen LogP contribution >= 0.6 is 0 Å². The third kappa shape index (κ3) is 3.10. The first-order valence-electron chi connectivity index (χ1n) is 6.59. The van der Waals surface area contributed by atoms with E-state index < -0.39 is 0 Å². The Morgan fingerprint density at radius 2 is 2.00 bits per heavy atom. The first-order valence-corrected chi connectivity index (χ1v) is 6.59. The second kappa shape index (κ2) is 6.01. The van der Waals surface area contributed by atoms with Crippen LogP contribution < -0.4 is 0 Å². The molecule has 0 spiro atoms. The van der Waals surface area contributed by atoms with E-state index >= 15 is 0 Å². The average Bonchev–Trinajstić information content (AvgIpc) is 2.41. The third-order valence-corrected chi connectivity index (χ3v) is 3.53. The van der Waals surface area contributed by atoms with Gasteiger partial charge in [-0.15, -0.1) is 0 Å². The zero-order chi connectivity index (χ0) is 13.0. The summed E-state index contributed by atoms with van der Waals surface area (Å²) >= 11 is 0. The molecule has 1 aromatic rings. The van der Waals surface area contributed by atoms with Crippen LogP contribution in [0.4, 0.5) is 0 Å². The highest BCUT2D eigenvalue weighted by molar-refractivity contribution is 5.79. The first-order chi connectivity index (χ1) is 8.68. The van der Waals surface area contributed by atoms with E-state index in [4.69, 9.17) is 4.74 Å². The monoisotopic (exact) mass is 247 g/mol. The van der Waals surface area contributed by atoms with Crippen LogP contribution in [-0.2, 0) is 16.0 Å². The molecule has 1 aliphatic heterocycles. The molecule has 98 valence electrons. The van der Waals surface area contributed by atoms with Gasteiger partial charge in [-0.1, -0.05) is 31.2 Å². The van der Waals surface area contributed by atoms with E-state index in [1.54, 1.807) is 0 Å². The minimum atomic E-state index is 0.0456. The van der Waals surface area contributed by atoms with E-state index in [0.717, 1.165) is 19.5 Å². The number of ether oxygens (including phenoxy) is 1. The van der Waals surface area contributed by atoms with Gasteiger partial charge in [0.1, 0.15) is 0 Å². The normalized spacial score (nSPS) is 17.6. The average molecular weight is 247 g/mol. The largest absolute Gasteiger partial charge is 0.378 e. The number of amides is 1. The fourth-order valence-corrected chi connectivity index (χ4v) is 2.35. The Kier molecular flexibility index (Phi) is 4.37. The van der Waals surface area contributed by atoms with Crippen LogP contribution in [0.3, 0.4) is 0 Å². The Morgan fingerprint density at radius 1 is 1.33 bits per heavy atom. The molecule has 18 heavy (non-hydrogen) atoms. The van der Waals surface area contributed by atoms with Crippen LogP contribution in [0.2, 0.25) is 0 Å². The lowest BCUT2D eigenvalue weighted by Gasteiger charge is -2.29. The van der Waals surface area contributed by atoms with Gasteiger partial charge in [-0.25, -0.2) is 0 Å². The number of morpholine rings is 1. The number of carbonyl (C=O) groups is 1. The fraction of sp³-hybridized carbons (Fsp3) is 0.533. The zero-order valence-corrected chi connectivity index (χ0v) is 11.2. The van der Waals surface area contributed by atoms with Gasteiger partial charge in [-0.05, 0) is 24.5 Å². The van der Waals surface area contributed by atoms with Crippen LogP contribution in [0.1, 0.15) is 18.1 Å². The van der Waals surface area contributed by atoms with Gasteiger partial charge < -0.3 is 9.64 Å². The molecule has 1 aromatic carbocycles. The summed E-state index contributed by atoms with van der Waals surface area (Å²) in [6.07, 6.45) is 0.822. The highest BCUT2D eigenvalue weighted by atomic mass is 16.5. The maximum absolute atomic E-state index is 12.3. The van der Waals surface area contributed by atoms with Crippen molar-refractivity contribution in [2.75, 3.05) is 26.3 Å². The van der Waals surface area contributed by atoms with E-state index in [-0.39, 0.29) is 11.8 Å². The molecule has 0 radical (unpaired) electrons. The molecule has 0 bridgehead atoms. The number of rotatable bonds is 3. The molecule has 1 atom stereocenters. The van der Waals surface area contributed by atoms with E-state index in [0.29, 0.717) is 13.2 Å². The van der Waals surface area contributed by atoms with Crippen molar-refractivity contribution in [2.45, 2.75) is 20.3 Å². The van der Waals surface area contributed by atoms with Crippen LogP contribution in [0.25, 0.3) is 0 Å². The Bertz CT molecular complexity index is 411. The lowest BCUT2D eigenvalue weighted by molar-refractivity contribution is -0.139. The highest BCUT2D eigenvalue weighted by Crippen LogP contribution is 2.15. The van der Waals surface area contributed by atoms with Gasteiger partial charge >= 0.3 is 0 Å². The molecule has 1 aliphatic rings. The number of benzene rings is 1. The summed E-state index contributed by atoms with van der Waals surface area (Å²) in [4.78, 5) is 14.2.